The van der Waals surface area contributed by atoms with Crippen molar-refractivity contribution in [3.63, 3.8) is 0 Å². The van der Waals surface area contributed by atoms with Crippen molar-refractivity contribution in [2.75, 3.05) is 0 Å². The predicted octanol–water partition coefficient (Wildman–Crippen LogP) is 1.91. The van der Waals surface area contributed by atoms with Gasteiger partial charge in [0.15, 0.2) is 0 Å². The molecule has 64 valence electrons. The van der Waals surface area contributed by atoms with E-state index in [1.54, 1.807) is 0 Å². The highest BCUT2D eigenvalue weighted by atomic mass is 32.1. The van der Waals surface area contributed by atoms with E-state index in [1.165, 1.54) is 0 Å². The average Bonchev–Trinajstić information content (AvgIpc) is 1.82. The Morgan fingerprint density at radius 2 is 2.08 bits per heavy atom. The van der Waals surface area contributed by atoms with E-state index < -0.39 is 0 Å². The third-order valence-electron chi connectivity index (χ3n) is 2.02. The van der Waals surface area contributed by atoms with Gasteiger partial charge < -0.3 is 5.73 Å². The lowest BCUT2D eigenvalue weighted by atomic mass is 9.77. The van der Waals surface area contributed by atoms with E-state index in [-0.39, 0.29) is 5.41 Å². The Kier molecular flexibility index (Phi) is 2.20. The van der Waals surface area contributed by atoms with Crippen LogP contribution in [0.4, 0.5) is 0 Å². The Labute approximate surface area is 78.1 Å². The van der Waals surface area contributed by atoms with Crippen LogP contribution in [0.25, 0.3) is 0 Å². The van der Waals surface area contributed by atoms with Gasteiger partial charge >= 0.3 is 0 Å². The summed E-state index contributed by atoms with van der Waals surface area (Å²) >= 11 is 5.09. The molecule has 12 heavy (non-hydrogen) atoms. The fourth-order valence-corrected chi connectivity index (χ4v) is 2.07. The van der Waals surface area contributed by atoms with Gasteiger partial charge in [-0.15, -0.1) is 0 Å². The maximum absolute atomic E-state index is 8.73. The van der Waals surface area contributed by atoms with Crippen LogP contribution in [0.15, 0.2) is 11.3 Å². The maximum atomic E-state index is 8.73. The smallest absolute Gasteiger partial charge is 0.102 e. The van der Waals surface area contributed by atoms with E-state index in [2.05, 4.69) is 19.9 Å². The minimum atomic E-state index is 0.127. The summed E-state index contributed by atoms with van der Waals surface area (Å²) in [5.74, 6) is 0. The molecule has 0 aliphatic heterocycles. The first kappa shape index (κ1) is 9.21. The molecule has 2 N–H and O–H groups in total. The fourth-order valence-electron chi connectivity index (χ4n) is 1.50. The molecule has 1 aliphatic rings. The van der Waals surface area contributed by atoms with Crippen LogP contribution in [-0.4, -0.2) is 4.86 Å². The van der Waals surface area contributed by atoms with Gasteiger partial charge in [0.1, 0.15) is 6.07 Å². The number of hydrogen-bond acceptors (Lipinski definition) is 3. The average molecular weight is 180 g/mol. The highest BCUT2D eigenvalue weighted by molar-refractivity contribution is 7.80. The van der Waals surface area contributed by atoms with Crippen molar-refractivity contribution in [3.8, 4) is 6.07 Å². The zero-order valence-corrected chi connectivity index (χ0v) is 8.16. The van der Waals surface area contributed by atoms with Crippen molar-refractivity contribution in [2.24, 2.45) is 11.1 Å². The standard InChI is InChI=1S/C9H12N2S/c1-9(2)3-7(11)6(5-10)8(12)4-9/h3-4,11H2,1-2H3. The molecule has 0 radical (unpaired) electrons. The monoisotopic (exact) mass is 180 g/mol. The summed E-state index contributed by atoms with van der Waals surface area (Å²) in [6.45, 7) is 4.22. The van der Waals surface area contributed by atoms with Crippen LogP contribution in [-0.2, 0) is 0 Å². The molecule has 0 fully saturated rings. The van der Waals surface area contributed by atoms with E-state index in [4.69, 9.17) is 23.2 Å². The Morgan fingerprint density at radius 3 is 2.50 bits per heavy atom. The fraction of sp³-hybridized carbons (Fsp3) is 0.556. The SMILES string of the molecule is CC1(C)CC(=S)C(C#N)=C(N)C1. The summed E-state index contributed by atoms with van der Waals surface area (Å²) in [4.78, 5) is 0.714. The molecular formula is C9H12N2S. The van der Waals surface area contributed by atoms with Crippen molar-refractivity contribution in [2.45, 2.75) is 26.7 Å². The number of nitriles is 1. The number of allylic oxidation sites excluding steroid dienone is 2. The summed E-state index contributed by atoms with van der Waals surface area (Å²) in [6, 6.07) is 2.05. The lowest BCUT2D eigenvalue weighted by molar-refractivity contribution is 0.372. The van der Waals surface area contributed by atoms with Gasteiger partial charge in [0.25, 0.3) is 0 Å². The summed E-state index contributed by atoms with van der Waals surface area (Å²) in [6.07, 6.45) is 1.57. The van der Waals surface area contributed by atoms with Gasteiger partial charge in [-0.2, -0.15) is 5.26 Å². The van der Waals surface area contributed by atoms with Crippen LogP contribution in [0.5, 0.6) is 0 Å². The molecule has 0 bridgehead atoms. The molecule has 0 saturated carbocycles. The molecule has 0 amide bonds. The Hall–Kier alpha value is -0.880. The van der Waals surface area contributed by atoms with Gasteiger partial charge in [0.05, 0.1) is 5.57 Å². The quantitative estimate of drug-likeness (QED) is 0.579. The Balaban J connectivity index is 3.05. The largest absolute Gasteiger partial charge is 0.401 e. The van der Waals surface area contributed by atoms with E-state index in [0.717, 1.165) is 12.8 Å². The normalized spacial score (nSPS) is 22.2. The summed E-state index contributed by atoms with van der Waals surface area (Å²) in [7, 11) is 0. The molecular weight excluding hydrogens is 168 g/mol. The van der Waals surface area contributed by atoms with Crippen molar-refractivity contribution in [1.29, 1.82) is 5.26 Å². The summed E-state index contributed by atoms with van der Waals surface area (Å²) in [5.41, 5.74) is 7.04. The molecule has 0 aromatic heterocycles. The highest BCUT2D eigenvalue weighted by Crippen LogP contribution is 2.35. The van der Waals surface area contributed by atoms with Crippen molar-refractivity contribution in [3.05, 3.63) is 11.3 Å². The van der Waals surface area contributed by atoms with Crippen LogP contribution < -0.4 is 5.73 Å². The van der Waals surface area contributed by atoms with Gasteiger partial charge in [0, 0.05) is 10.6 Å². The van der Waals surface area contributed by atoms with E-state index in [1.807, 2.05) is 0 Å². The summed E-state index contributed by atoms with van der Waals surface area (Å²) in [5, 5.41) is 8.73. The molecule has 0 atom stereocenters. The zero-order valence-electron chi connectivity index (χ0n) is 7.35. The molecule has 0 saturated heterocycles. The Bertz CT molecular complexity index is 294. The second-order valence-electron chi connectivity index (χ2n) is 3.95. The summed E-state index contributed by atoms with van der Waals surface area (Å²) < 4.78 is 0. The van der Waals surface area contributed by atoms with E-state index >= 15 is 0 Å². The first-order valence-electron chi connectivity index (χ1n) is 3.88. The molecule has 0 heterocycles. The number of nitrogens with zero attached hydrogens (tertiary/aromatic N) is 1. The minimum absolute atomic E-state index is 0.127. The van der Waals surface area contributed by atoms with Gasteiger partial charge in [-0.25, -0.2) is 0 Å². The molecule has 3 heteroatoms. The number of hydrogen-bond donors (Lipinski definition) is 1. The lowest BCUT2D eigenvalue weighted by Gasteiger charge is -2.29. The number of rotatable bonds is 0. The second-order valence-corrected chi connectivity index (χ2v) is 4.45. The van der Waals surface area contributed by atoms with Crippen LogP contribution >= 0.6 is 12.2 Å². The second kappa shape index (κ2) is 2.87. The molecule has 0 aromatic rings. The predicted molar refractivity (Wildman–Crippen MR) is 52.4 cm³/mol. The van der Waals surface area contributed by atoms with Crippen molar-refractivity contribution in [1.82, 2.24) is 0 Å². The molecule has 0 spiro atoms. The minimum Gasteiger partial charge on any atom is -0.401 e. The Morgan fingerprint density at radius 1 is 1.50 bits per heavy atom. The van der Waals surface area contributed by atoms with Gasteiger partial charge in [-0.05, 0) is 18.3 Å². The number of thiocarbonyl (C=S) groups is 1. The van der Waals surface area contributed by atoms with Crippen molar-refractivity contribution < 1.29 is 0 Å². The van der Waals surface area contributed by atoms with E-state index in [9.17, 15) is 0 Å². The molecule has 0 aromatic carbocycles. The first-order chi connectivity index (χ1) is 5.46. The molecule has 1 rings (SSSR count). The van der Waals surface area contributed by atoms with Gasteiger partial charge in [-0.1, -0.05) is 26.1 Å². The van der Waals surface area contributed by atoms with Crippen LogP contribution in [0.1, 0.15) is 26.7 Å². The van der Waals surface area contributed by atoms with Crippen LogP contribution in [0.2, 0.25) is 0 Å². The van der Waals surface area contributed by atoms with Crippen LogP contribution in [0, 0.1) is 16.7 Å². The zero-order chi connectivity index (χ0) is 9.35. The molecule has 0 unspecified atom stereocenters. The first-order valence-corrected chi connectivity index (χ1v) is 4.29. The lowest BCUT2D eigenvalue weighted by Crippen LogP contribution is -2.27. The third-order valence-corrected chi connectivity index (χ3v) is 2.37. The third kappa shape index (κ3) is 1.64. The maximum Gasteiger partial charge on any atom is 0.102 e. The van der Waals surface area contributed by atoms with Crippen LogP contribution in [0.3, 0.4) is 0 Å². The molecule has 2 nitrogen and oxygen atoms in total. The number of nitrogens with two attached hydrogens (primary N) is 1. The van der Waals surface area contributed by atoms with Crippen molar-refractivity contribution >= 4 is 17.1 Å². The highest BCUT2D eigenvalue weighted by Gasteiger charge is 2.29. The topological polar surface area (TPSA) is 49.8 Å². The van der Waals surface area contributed by atoms with Gasteiger partial charge in [-0.3, -0.25) is 0 Å². The van der Waals surface area contributed by atoms with E-state index in [0.29, 0.717) is 16.1 Å². The van der Waals surface area contributed by atoms with Gasteiger partial charge in [0.2, 0.25) is 0 Å². The molecule has 1 aliphatic carbocycles.